The van der Waals surface area contributed by atoms with Gasteiger partial charge in [0.15, 0.2) is 0 Å². The number of benzene rings is 2. The summed E-state index contributed by atoms with van der Waals surface area (Å²) in [6.45, 7) is 5.49. The summed E-state index contributed by atoms with van der Waals surface area (Å²) in [5.41, 5.74) is 2.19. The average Bonchev–Trinajstić information content (AvgIpc) is 2.47. The second-order valence-electron chi connectivity index (χ2n) is 5.18. The molecule has 0 heterocycles. The van der Waals surface area contributed by atoms with Crippen LogP contribution in [-0.4, -0.2) is 21.0 Å². The van der Waals surface area contributed by atoms with Crippen molar-refractivity contribution in [3.8, 4) is 0 Å². The van der Waals surface area contributed by atoms with Gasteiger partial charge in [0.2, 0.25) is 0 Å². The van der Waals surface area contributed by atoms with Gasteiger partial charge in [0.1, 0.15) is 0 Å². The van der Waals surface area contributed by atoms with Crippen LogP contribution in [0, 0.1) is 13.8 Å². The molecule has 0 radical (unpaired) electrons. The quantitative estimate of drug-likeness (QED) is 0.852. The lowest BCUT2D eigenvalue weighted by molar-refractivity contribution is 0.0526. The molecule has 0 aliphatic carbocycles. The summed E-state index contributed by atoms with van der Waals surface area (Å²) in [5, 5.41) is 0. The lowest BCUT2D eigenvalue weighted by Crippen LogP contribution is -2.15. The Labute approximate surface area is 136 Å². The molecule has 0 aliphatic heterocycles. The SMILES string of the molecule is CCOC(=O)c1ccc(C)c(S(=O)(=O)Nc2cccc(C)c2)c1. The average molecular weight is 333 g/mol. The van der Waals surface area contributed by atoms with Crippen molar-refractivity contribution >= 4 is 21.7 Å². The van der Waals surface area contributed by atoms with Gasteiger partial charge in [0, 0.05) is 5.69 Å². The molecule has 23 heavy (non-hydrogen) atoms. The predicted octanol–water partition coefficient (Wildman–Crippen LogP) is 3.28. The zero-order valence-electron chi connectivity index (χ0n) is 13.3. The first-order valence-electron chi connectivity index (χ1n) is 7.21. The second kappa shape index (κ2) is 6.83. The lowest BCUT2D eigenvalue weighted by atomic mass is 10.1. The van der Waals surface area contributed by atoms with Crippen LogP contribution in [0.3, 0.4) is 0 Å². The number of rotatable bonds is 5. The monoisotopic (exact) mass is 333 g/mol. The molecule has 0 bridgehead atoms. The molecule has 0 unspecified atom stereocenters. The third kappa shape index (κ3) is 4.10. The Morgan fingerprint density at radius 2 is 1.87 bits per heavy atom. The van der Waals surface area contributed by atoms with E-state index in [0.717, 1.165) is 5.56 Å². The summed E-state index contributed by atoms with van der Waals surface area (Å²) < 4.78 is 32.7. The zero-order chi connectivity index (χ0) is 17.0. The van der Waals surface area contributed by atoms with Crippen LogP contribution >= 0.6 is 0 Å². The van der Waals surface area contributed by atoms with Crippen molar-refractivity contribution in [3.05, 3.63) is 59.2 Å². The summed E-state index contributed by atoms with van der Waals surface area (Å²) in [4.78, 5) is 11.9. The maximum absolute atomic E-state index is 12.6. The van der Waals surface area contributed by atoms with Crippen molar-refractivity contribution in [2.75, 3.05) is 11.3 Å². The number of anilines is 1. The molecule has 0 saturated heterocycles. The molecule has 122 valence electrons. The first-order chi connectivity index (χ1) is 10.8. The largest absolute Gasteiger partial charge is 0.462 e. The van der Waals surface area contributed by atoms with Gasteiger partial charge in [0.25, 0.3) is 10.0 Å². The van der Waals surface area contributed by atoms with Gasteiger partial charge in [-0.25, -0.2) is 13.2 Å². The van der Waals surface area contributed by atoms with Crippen molar-refractivity contribution in [3.63, 3.8) is 0 Å². The molecule has 0 atom stereocenters. The second-order valence-corrected chi connectivity index (χ2v) is 6.83. The minimum Gasteiger partial charge on any atom is -0.462 e. The minimum atomic E-state index is -3.79. The Morgan fingerprint density at radius 3 is 2.52 bits per heavy atom. The van der Waals surface area contributed by atoms with Crippen LogP contribution in [0.4, 0.5) is 5.69 Å². The molecule has 6 heteroatoms. The van der Waals surface area contributed by atoms with E-state index < -0.39 is 16.0 Å². The van der Waals surface area contributed by atoms with Gasteiger partial charge in [-0.3, -0.25) is 4.72 Å². The van der Waals surface area contributed by atoms with E-state index in [0.29, 0.717) is 11.3 Å². The van der Waals surface area contributed by atoms with E-state index in [1.54, 1.807) is 44.2 Å². The van der Waals surface area contributed by atoms with E-state index in [2.05, 4.69) is 4.72 Å². The minimum absolute atomic E-state index is 0.0598. The number of ether oxygens (including phenoxy) is 1. The molecule has 2 rings (SSSR count). The number of aryl methyl sites for hydroxylation is 2. The topological polar surface area (TPSA) is 72.5 Å². The molecule has 0 amide bonds. The number of hydrogen-bond acceptors (Lipinski definition) is 4. The molecule has 0 spiro atoms. The fourth-order valence-electron chi connectivity index (χ4n) is 2.15. The van der Waals surface area contributed by atoms with E-state index in [1.165, 1.54) is 6.07 Å². The molecule has 0 aliphatic rings. The fourth-order valence-corrected chi connectivity index (χ4v) is 3.47. The Kier molecular flexibility index (Phi) is 5.05. The van der Waals surface area contributed by atoms with Gasteiger partial charge in [-0.15, -0.1) is 0 Å². The van der Waals surface area contributed by atoms with Crippen LogP contribution in [0.2, 0.25) is 0 Å². The number of carbonyl (C=O) groups excluding carboxylic acids is 1. The molecule has 0 aromatic heterocycles. The maximum Gasteiger partial charge on any atom is 0.338 e. The Hall–Kier alpha value is -2.34. The van der Waals surface area contributed by atoms with Crippen LogP contribution < -0.4 is 4.72 Å². The molecular formula is C17H19NO4S. The smallest absolute Gasteiger partial charge is 0.338 e. The van der Waals surface area contributed by atoms with Gasteiger partial charge >= 0.3 is 5.97 Å². The van der Waals surface area contributed by atoms with Crippen LogP contribution in [0.25, 0.3) is 0 Å². The normalized spacial score (nSPS) is 11.1. The molecule has 2 aromatic carbocycles. The van der Waals surface area contributed by atoms with Crippen molar-refractivity contribution in [2.24, 2.45) is 0 Å². The highest BCUT2D eigenvalue weighted by atomic mass is 32.2. The van der Waals surface area contributed by atoms with Crippen LogP contribution in [0.5, 0.6) is 0 Å². The number of carbonyl (C=O) groups is 1. The molecule has 5 nitrogen and oxygen atoms in total. The van der Waals surface area contributed by atoms with Crippen LogP contribution in [-0.2, 0) is 14.8 Å². The van der Waals surface area contributed by atoms with E-state index in [4.69, 9.17) is 4.74 Å². The standard InChI is InChI=1S/C17H19NO4S/c1-4-22-17(19)14-9-8-13(3)16(11-14)23(20,21)18-15-7-5-6-12(2)10-15/h5-11,18H,4H2,1-3H3. The first-order valence-corrected chi connectivity index (χ1v) is 8.69. The Morgan fingerprint density at radius 1 is 1.13 bits per heavy atom. The maximum atomic E-state index is 12.6. The van der Waals surface area contributed by atoms with Crippen molar-refractivity contribution in [1.82, 2.24) is 0 Å². The molecule has 2 aromatic rings. The third-order valence-electron chi connectivity index (χ3n) is 3.26. The van der Waals surface area contributed by atoms with Crippen LogP contribution in [0.1, 0.15) is 28.4 Å². The number of esters is 1. The van der Waals surface area contributed by atoms with Gasteiger partial charge < -0.3 is 4.74 Å². The summed E-state index contributed by atoms with van der Waals surface area (Å²) in [6, 6.07) is 11.6. The van der Waals surface area contributed by atoms with Gasteiger partial charge in [-0.05, 0) is 56.2 Å². The van der Waals surface area contributed by atoms with Crippen LogP contribution in [0.15, 0.2) is 47.4 Å². The summed E-state index contributed by atoms with van der Waals surface area (Å²) in [5.74, 6) is -0.542. The summed E-state index contributed by atoms with van der Waals surface area (Å²) >= 11 is 0. The first kappa shape index (κ1) is 17.0. The number of sulfonamides is 1. The van der Waals surface area contributed by atoms with Gasteiger partial charge in [-0.2, -0.15) is 0 Å². The predicted molar refractivity (Wildman–Crippen MR) is 89.1 cm³/mol. The summed E-state index contributed by atoms with van der Waals surface area (Å²) in [6.07, 6.45) is 0. The van der Waals surface area contributed by atoms with Crippen molar-refractivity contribution in [2.45, 2.75) is 25.7 Å². The highest BCUT2D eigenvalue weighted by Gasteiger charge is 2.19. The molecule has 1 N–H and O–H groups in total. The number of hydrogen-bond donors (Lipinski definition) is 1. The highest BCUT2D eigenvalue weighted by molar-refractivity contribution is 7.92. The molecular weight excluding hydrogens is 314 g/mol. The van der Waals surface area contributed by atoms with E-state index in [9.17, 15) is 13.2 Å². The van der Waals surface area contributed by atoms with Gasteiger partial charge in [0.05, 0.1) is 17.1 Å². The van der Waals surface area contributed by atoms with Crippen molar-refractivity contribution in [1.29, 1.82) is 0 Å². The number of nitrogens with one attached hydrogen (secondary N) is 1. The fraction of sp³-hybridized carbons (Fsp3) is 0.235. The Balaban J connectivity index is 2.39. The van der Waals surface area contributed by atoms with Gasteiger partial charge in [-0.1, -0.05) is 18.2 Å². The highest BCUT2D eigenvalue weighted by Crippen LogP contribution is 2.21. The zero-order valence-corrected chi connectivity index (χ0v) is 14.1. The molecule has 0 saturated carbocycles. The third-order valence-corrected chi connectivity index (χ3v) is 4.78. The summed E-state index contributed by atoms with van der Waals surface area (Å²) in [7, 11) is -3.79. The lowest BCUT2D eigenvalue weighted by Gasteiger charge is -2.12. The van der Waals surface area contributed by atoms with E-state index >= 15 is 0 Å². The van der Waals surface area contributed by atoms with E-state index in [1.807, 2.05) is 13.0 Å². The van der Waals surface area contributed by atoms with Crippen molar-refractivity contribution < 1.29 is 17.9 Å². The van der Waals surface area contributed by atoms with E-state index in [-0.39, 0.29) is 17.1 Å². The molecule has 0 fully saturated rings. The Bertz CT molecular complexity index is 828.